The van der Waals surface area contributed by atoms with Gasteiger partial charge in [-0.25, -0.2) is 0 Å². The zero-order valence-corrected chi connectivity index (χ0v) is 16.2. The van der Waals surface area contributed by atoms with Crippen LogP contribution in [0.25, 0.3) is 5.57 Å². The summed E-state index contributed by atoms with van der Waals surface area (Å²) in [6.07, 6.45) is 15.7. The number of anilines is 1. The summed E-state index contributed by atoms with van der Waals surface area (Å²) in [5.74, 6) is 0. The van der Waals surface area contributed by atoms with Gasteiger partial charge in [-0.2, -0.15) is 0 Å². The van der Waals surface area contributed by atoms with Crippen molar-refractivity contribution in [1.29, 1.82) is 0 Å². The third-order valence-electron chi connectivity index (χ3n) is 6.29. The molecule has 2 aromatic rings. The van der Waals surface area contributed by atoms with E-state index >= 15 is 0 Å². The first-order chi connectivity index (χ1) is 13.3. The minimum atomic E-state index is 0.917. The second kappa shape index (κ2) is 6.92. The first-order valence-electron chi connectivity index (χ1n) is 10.4. The number of benzene rings is 1. The zero-order valence-electron chi connectivity index (χ0n) is 16.2. The van der Waals surface area contributed by atoms with E-state index in [-0.39, 0.29) is 0 Å². The Bertz CT molecular complexity index is 940. The van der Waals surface area contributed by atoms with E-state index in [0.717, 1.165) is 25.8 Å². The fourth-order valence-electron chi connectivity index (χ4n) is 4.97. The number of nitrogens with one attached hydrogen (secondary N) is 1. The van der Waals surface area contributed by atoms with Crippen LogP contribution in [0.15, 0.2) is 59.8 Å². The van der Waals surface area contributed by atoms with E-state index in [9.17, 15) is 0 Å². The molecule has 0 unspecified atom stereocenters. The number of aromatic nitrogens is 1. The molecule has 1 N–H and O–H groups in total. The van der Waals surface area contributed by atoms with Crippen LogP contribution in [-0.4, -0.2) is 4.98 Å². The third kappa shape index (κ3) is 2.97. The summed E-state index contributed by atoms with van der Waals surface area (Å²) in [7, 11) is 0. The average molecular weight is 357 g/mol. The molecule has 2 heteroatoms. The summed E-state index contributed by atoms with van der Waals surface area (Å²) in [6.45, 7) is 3.23. The lowest BCUT2D eigenvalue weighted by molar-refractivity contribution is 0.675. The number of rotatable bonds is 1. The highest BCUT2D eigenvalue weighted by molar-refractivity contribution is 5.73. The summed E-state index contributed by atoms with van der Waals surface area (Å²) in [5.41, 5.74) is 11.6. The molecular formula is C25H28N2. The van der Waals surface area contributed by atoms with Crippen molar-refractivity contribution in [3.8, 4) is 0 Å². The van der Waals surface area contributed by atoms with E-state index in [4.69, 9.17) is 0 Å². The minimum absolute atomic E-state index is 0.917. The Morgan fingerprint density at radius 2 is 1.70 bits per heavy atom. The smallest absolute Gasteiger partial charge is 0.0638 e. The molecule has 0 fully saturated rings. The average Bonchev–Trinajstić information content (AvgIpc) is 3.10. The molecule has 2 nitrogen and oxygen atoms in total. The SMILES string of the molecule is C/C1=C/CC2=CCCC=C2N(c2ccccc2)Cc2[nH]c3c(c21)CCCC3. The van der Waals surface area contributed by atoms with Gasteiger partial charge in [-0.3, -0.25) is 0 Å². The van der Waals surface area contributed by atoms with Crippen LogP contribution in [0, 0.1) is 0 Å². The normalized spacial score (nSPS) is 21.4. The van der Waals surface area contributed by atoms with Crippen LogP contribution >= 0.6 is 0 Å². The first-order valence-corrected chi connectivity index (χ1v) is 10.4. The molecule has 1 aromatic carbocycles. The molecule has 138 valence electrons. The van der Waals surface area contributed by atoms with Crippen molar-refractivity contribution in [2.75, 3.05) is 4.90 Å². The highest BCUT2D eigenvalue weighted by atomic mass is 15.2. The van der Waals surface area contributed by atoms with Crippen molar-refractivity contribution in [2.24, 2.45) is 0 Å². The molecule has 1 aromatic heterocycles. The highest BCUT2D eigenvalue weighted by Gasteiger charge is 2.26. The molecule has 0 saturated carbocycles. The number of nitrogens with zero attached hydrogens (tertiary/aromatic N) is 1. The van der Waals surface area contributed by atoms with Crippen LogP contribution in [0.2, 0.25) is 0 Å². The van der Waals surface area contributed by atoms with Gasteiger partial charge in [0.25, 0.3) is 0 Å². The standard InChI is InChI=1S/C25H28N2/c1-18-15-16-19-9-5-8-14-24(19)27(20-10-3-2-4-11-20)17-23-25(18)21-12-6-7-13-22(21)26-23/h2-4,9-11,14-15,26H,5-8,12-13,16-17H2,1H3/b18-15-. The number of fused-ring (bicyclic) bond motifs is 4. The number of allylic oxidation sites excluding steroid dienone is 5. The maximum Gasteiger partial charge on any atom is 0.0638 e. The summed E-state index contributed by atoms with van der Waals surface area (Å²) in [5, 5.41) is 0. The Kier molecular flexibility index (Phi) is 4.27. The van der Waals surface area contributed by atoms with Crippen molar-refractivity contribution in [3.05, 3.63) is 82.3 Å². The Morgan fingerprint density at radius 1 is 0.889 bits per heavy atom. The number of aryl methyl sites for hydroxylation is 1. The van der Waals surface area contributed by atoms with Gasteiger partial charge in [-0.1, -0.05) is 36.4 Å². The van der Waals surface area contributed by atoms with Crippen LogP contribution in [-0.2, 0) is 19.4 Å². The predicted molar refractivity (Wildman–Crippen MR) is 114 cm³/mol. The van der Waals surface area contributed by atoms with E-state index < -0.39 is 0 Å². The van der Waals surface area contributed by atoms with Crippen molar-refractivity contribution in [1.82, 2.24) is 4.98 Å². The quantitative estimate of drug-likeness (QED) is 0.634. The second-order valence-corrected chi connectivity index (χ2v) is 8.05. The number of H-pyrrole nitrogens is 1. The van der Waals surface area contributed by atoms with Crippen LogP contribution in [0.3, 0.4) is 0 Å². The van der Waals surface area contributed by atoms with Crippen molar-refractivity contribution in [3.63, 3.8) is 0 Å². The van der Waals surface area contributed by atoms with Gasteiger partial charge < -0.3 is 9.88 Å². The van der Waals surface area contributed by atoms with Gasteiger partial charge in [0.1, 0.15) is 0 Å². The van der Waals surface area contributed by atoms with Gasteiger partial charge in [-0.05, 0) is 80.7 Å². The summed E-state index contributed by atoms with van der Waals surface area (Å²) in [6, 6.07) is 10.9. The Balaban J connectivity index is 1.68. The predicted octanol–water partition coefficient (Wildman–Crippen LogP) is 6.31. The van der Waals surface area contributed by atoms with Crippen molar-refractivity contribution >= 4 is 11.3 Å². The van der Waals surface area contributed by atoms with Crippen molar-refractivity contribution in [2.45, 2.75) is 58.4 Å². The fraction of sp³-hybridized carbons (Fsp3) is 0.360. The number of aromatic amines is 1. The van der Waals surface area contributed by atoms with E-state index in [1.54, 1.807) is 5.56 Å². The first kappa shape index (κ1) is 16.7. The van der Waals surface area contributed by atoms with Crippen LogP contribution in [0.5, 0.6) is 0 Å². The van der Waals surface area contributed by atoms with E-state index in [1.807, 2.05) is 0 Å². The summed E-state index contributed by atoms with van der Waals surface area (Å²) >= 11 is 0. The van der Waals surface area contributed by atoms with Crippen LogP contribution in [0.1, 0.15) is 61.5 Å². The lowest BCUT2D eigenvalue weighted by Gasteiger charge is -2.30. The Hall–Kier alpha value is -2.48. The molecule has 3 aliphatic rings. The summed E-state index contributed by atoms with van der Waals surface area (Å²) in [4.78, 5) is 6.37. The lowest BCUT2D eigenvalue weighted by atomic mass is 9.91. The number of hydrogen-bond acceptors (Lipinski definition) is 1. The van der Waals surface area contributed by atoms with Crippen LogP contribution in [0.4, 0.5) is 5.69 Å². The van der Waals surface area contributed by atoms with E-state index in [1.165, 1.54) is 65.2 Å². The van der Waals surface area contributed by atoms with E-state index in [0.29, 0.717) is 0 Å². The van der Waals surface area contributed by atoms with Crippen LogP contribution < -0.4 is 4.90 Å². The maximum absolute atomic E-state index is 3.85. The summed E-state index contributed by atoms with van der Waals surface area (Å²) < 4.78 is 0. The molecule has 1 aliphatic heterocycles. The molecule has 0 amide bonds. The minimum Gasteiger partial charge on any atom is -0.360 e. The lowest BCUT2D eigenvalue weighted by Crippen LogP contribution is -2.24. The third-order valence-corrected chi connectivity index (χ3v) is 6.29. The molecule has 2 aliphatic carbocycles. The Labute approximate surface area is 162 Å². The molecular weight excluding hydrogens is 328 g/mol. The monoisotopic (exact) mass is 356 g/mol. The van der Waals surface area contributed by atoms with E-state index in [2.05, 4.69) is 65.4 Å². The van der Waals surface area contributed by atoms with Gasteiger partial charge in [0.05, 0.1) is 6.54 Å². The van der Waals surface area contributed by atoms with Gasteiger partial charge in [0.2, 0.25) is 0 Å². The molecule has 5 rings (SSSR count). The molecule has 0 saturated heterocycles. The topological polar surface area (TPSA) is 19.0 Å². The number of para-hydroxylation sites is 1. The maximum atomic E-state index is 3.85. The molecule has 0 bridgehead atoms. The Morgan fingerprint density at radius 3 is 2.59 bits per heavy atom. The molecule has 2 heterocycles. The van der Waals surface area contributed by atoms with Gasteiger partial charge in [-0.15, -0.1) is 0 Å². The molecule has 0 radical (unpaired) electrons. The zero-order chi connectivity index (χ0) is 18.2. The molecule has 27 heavy (non-hydrogen) atoms. The number of hydrogen-bond donors (Lipinski definition) is 1. The van der Waals surface area contributed by atoms with Gasteiger partial charge >= 0.3 is 0 Å². The van der Waals surface area contributed by atoms with Gasteiger partial charge in [0, 0.05) is 28.3 Å². The largest absolute Gasteiger partial charge is 0.360 e. The molecule has 0 atom stereocenters. The highest BCUT2D eigenvalue weighted by Crippen LogP contribution is 2.38. The van der Waals surface area contributed by atoms with Crippen molar-refractivity contribution < 1.29 is 0 Å². The second-order valence-electron chi connectivity index (χ2n) is 8.05. The molecule has 0 spiro atoms. The fourth-order valence-corrected chi connectivity index (χ4v) is 4.97. The van der Waals surface area contributed by atoms with Gasteiger partial charge in [0.15, 0.2) is 0 Å².